The minimum absolute atomic E-state index is 0.105. The molecule has 0 heterocycles. The van der Waals surface area contributed by atoms with Crippen LogP contribution in [0.25, 0.3) is 0 Å². The van der Waals surface area contributed by atoms with Gasteiger partial charge in [-0.15, -0.1) is 0 Å². The van der Waals surface area contributed by atoms with Crippen molar-refractivity contribution in [2.75, 3.05) is 0 Å². The Labute approximate surface area is 118 Å². The number of aromatic carboxylic acids is 1. The van der Waals surface area contributed by atoms with Gasteiger partial charge in [-0.3, -0.25) is 0 Å². The van der Waals surface area contributed by atoms with Gasteiger partial charge in [0.25, 0.3) is 0 Å². The summed E-state index contributed by atoms with van der Waals surface area (Å²) in [5, 5.41) is 28.0. The summed E-state index contributed by atoms with van der Waals surface area (Å²) < 4.78 is 13.2. The summed E-state index contributed by atoms with van der Waals surface area (Å²) in [7, 11) is 0. The smallest absolute Gasteiger partial charge is 0.339 e. The first-order chi connectivity index (χ1) is 9.38. The van der Waals surface area contributed by atoms with Gasteiger partial charge in [0.2, 0.25) is 0 Å². The summed E-state index contributed by atoms with van der Waals surface area (Å²) in [6.45, 7) is 0. The maximum atomic E-state index is 13.2. The lowest BCUT2D eigenvalue weighted by Gasteiger charge is -2.08. The van der Waals surface area contributed by atoms with Gasteiger partial charge in [0.15, 0.2) is 0 Å². The van der Waals surface area contributed by atoms with E-state index in [9.17, 15) is 19.4 Å². The van der Waals surface area contributed by atoms with Crippen LogP contribution >= 0.6 is 11.6 Å². The van der Waals surface area contributed by atoms with Crippen LogP contribution < -0.4 is 0 Å². The Morgan fingerprint density at radius 2 is 1.90 bits per heavy atom. The molecular formula is C14H10ClFO4. The summed E-state index contributed by atoms with van der Waals surface area (Å²) in [6, 6.07) is 6.09. The fourth-order valence-electron chi connectivity index (χ4n) is 1.84. The molecule has 0 aliphatic carbocycles. The topological polar surface area (TPSA) is 77.8 Å². The van der Waals surface area contributed by atoms with E-state index < -0.39 is 17.5 Å². The van der Waals surface area contributed by atoms with Gasteiger partial charge in [-0.05, 0) is 29.8 Å². The highest BCUT2D eigenvalue weighted by Gasteiger charge is 2.13. The van der Waals surface area contributed by atoms with Crippen molar-refractivity contribution in [3.05, 3.63) is 57.9 Å². The quantitative estimate of drug-likeness (QED) is 0.813. The van der Waals surface area contributed by atoms with Gasteiger partial charge in [0.05, 0.1) is 5.02 Å². The van der Waals surface area contributed by atoms with Crippen LogP contribution in [-0.2, 0) is 6.42 Å². The molecule has 2 aromatic rings. The average Bonchev–Trinajstić information content (AvgIpc) is 2.35. The number of benzene rings is 2. The zero-order valence-electron chi connectivity index (χ0n) is 10.1. The highest BCUT2D eigenvalue weighted by molar-refractivity contribution is 6.32. The summed E-state index contributed by atoms with van der Waals surface area (Å²) in [4.78, 5) is 10.8. The van der Waals surface area contributed by atoms with Crippen molar-refractivity contribution in [1.82, 2.24) is 0 Å². The maximum absolute atomic E-state index is 13.2. The molecule has 4 nitrogen and oxygen atoms in total. The molecule has 2 aromatic carbocycles. The summed E-state index contributed by atoms with van der Waals surface area (Å²) in [5.41, 5.74) is 0.539. The predicted molar refractivity (Wildman–Crippen MR) is 70.9 cm³/mol. The molecule has 0 saturated carbocycles. The number of phenolic OH excluding ortho intramolecular Hbond substituents is 1. The highest BCUT2D eigenvalue weighted by atomic mass is 35.5. The molecule has 0 aromatic heterocycles. The standard InChI is InChI=1S/C14H10ClFO4/c15-11-6-9(16)5-8(13(11)18)3-7-1-2-10(14(19)20)12(17)4-7/h1-2,4-6,17-18H,3H2,(H,19,20). The van der Waals surface area contributed by atoms with Crippen LogP contribution in [-0.4, -0.2) is 21.3 Å². The molecule has 0 spiro atoms. The van der Waals surface area contributed by atoms with E-state index in [2.05, 4.69) is 0 Å². The van der Waals surface area contributed by atoms with Gasteiger partial charge in [-0.2, -0.15) is 0 Å². The third kappa shape index (κ3) is 2.83. The van der Waals surface area contributed by atoms with Crippen molar-refractivity contribution < 1.29 is 24.5 Å². The number of carboxylic acid groups (broad SMARTS) is 1. The van der Waals surface area contributed by atoms with Gasteiger partial charge in [-0.1, -0.05) is 17.7 Å². The molecule has 0 saturated heterocycles. The molecule has 0 aliphatic rings. The number of aromatic hydroxyl groups is 2. The van der Waals surface area contributed by atoms with Crippen molar-refractivity contribution >= 4 is 17.6 Å². The van der Waals surface area contributed by atoms with E-state index in [4.69, 9.17) is 16.7 Å². The third-order valence-corrected chi connectivity index (χ3v) is 3.08. The van der Waals surface area contributed by atoms with Crippen LogP contribution in [0.1, 0.15) is 21.5 Å². The number of halogens is 2. The first-order valence-corrected chi connectivity index (χ1v) is 5.98. The maximum Gasteiger partial charge on any atom is 0.339 e. The lowest BCUT2D eigenvalue weighted by molar-refractivity contribution is 0.0693. The Bertz CT molecular complexity index is 685. The highest BCUT2D eigenvalue weighted by Crippen LogP contribution is 2.31. The van der Waals surface area contributed by atoms with E-state index in [0.29, 0.717) is 5.56 Å². The largest absolute Gasteiger partial charge is 0.507 e. The van der Waals surface area contributed by atoms with Crippen LogP contribution in [0.3, 0.4) is 0 Å². The molecule has 2 rings (SSSR count). The second-order valence-corrected chi connectivity index (χ2v) is 4.64. The SMILES string of the molecule is O=C(O)c1ccc(Cc2cc(F)cc(Cl)c2O)cc1O. The molecule has 0 fully saturated rings. The van der Waals surface area contributed by atoms with Gasteiger partial charge in [0.1, 0.15) is 22.9 Å². The number of rotatable bonds is 3. The van der Waals surface area contributed by atoms with Crippen molar-refractivity contribution in [1.29, 1.82) is 0 Å². The van der Waals surface area contributed by atoms with E-state index in [1.807, 2.05) is 0 Å². The monoisotopic (exact) mass is 296 g/mol. The van der Waals surface area contributed by atoms with Crippen LogP contribution in [0, 0.1) is 5.82 Å². The number of hydrogen-bond donors (Lipinski definition) is 3. The minimum atomic E-state index is -1.24. The fraction of sp³-hybridized carbons (Fsp3) is 0.0714. The van der Waals surface area contributed by atoms with Crippen molar-refractivity contribution in [3.63, 3.8) is 0 Å². The fourth-order valence-corrected chi connectivity index (χ4v) is 2.07. The van der Waals surface area contributed by atoms with Crippen LogP contribution in [0.15, 0.2) is 30.3 Å². The normalized spacial score (nSPS) is 10.5. The first-order valence-electron chi connectivity index (χ1n) is 5.60. The Kier molecular flexibility index (Phi) is 3.81. The Hall–Kier alpha value is -2.27. The van der Waals surface area contributed by atoms with E-state index in [-0.39, 0.29) is 28.3 Å². The van der Waals surface area contributed by atoms with Crippen molar-refractivity contribution in [2.24, 2.45) is 0 Å². The summed E-state index contributed by atoms with van der Waals surface area (Å²) in [6.07, 6.45) is 0.108. The Morgan fingerprint density at radius 1 is 1.20 bits per heavy atom. The Morgan fingerprint density at radius 3 is 2.50 bits per heavy atom. The van der Waals surface area contributed by atoms with Gasteiger partial charge >= 0.3 is 5.97 Å². The van der Waals surface area contributed by atoms with Crippen molar-refractivity contribution in [3.8, 4) is 11.5 Å². The van der Waals surface area contributed by atoms with Gasteiger partial charge in [-0.25, -0.2) is 9.18 Å². The number of carbonyl (C=O) groups is 1. The number of carboxylic acids is 1. The van der Waals surface area contributed by atoms with Crippen LogP contribution in [0.2, 0.25) is 5.02 Å². The molecule has 0 bridgehead atoms. The Balaban J connectivity index is 2.36. The molecule has 6 heteroatoms. The van der Waals surface area contributed by atoms with E-state index in [0.717, 1.165) is 12.1 Å². The molecule has 3 N–H and O–H groups in total. The first kappa shape index (κ1) is 14.1. The van der Waals surface area contributed by atoms with Gasteiger partial charge < -0.3 is 15.3 Å². The zero-order valence-corrected chi connectivity index (χ0v) is 10.9. The zero-order chi connectivity index (χ0) is 14.9. The second-order valence-electron chi connectivity index (χ2n) is 4.23. The van der Waals surface area contributed by atoms with Gasteiger partial charge in [0, 0.05) is 12.0 Å². The molecular weight excluding hydrogens is 287 g/mol. The molecule has 0 amide bonds. The molecule has 20 heavy (non-hydrogen) atoms. The molecule has 0 aliphatic heterocycles. The molecule has 0 atom stereocenters. The molecule has 0 unspecified atom stereocenters. The number of phenols is 2. The number of hydrogen-bond acceptors (Lipinski definition) is 3. The molecule has 104 valence electrons. The summed E-state index contributed by atoms with van der Waals surface area (Å²) in [5.74, 6) is -2.47. The van der Waals surface area contributed by atoms with E-state index >= 15 is 0 Å². The lowest BCUT2D eigenvalue weighted by Crippen LogP contribution is -1.98. The predicted octanol–water partition coefficient (Wildman–Crippen LogP) is 3.18. The molecule has 0 radical (unpaired) electrons. The average molecular weight is 297 g/mol. The van der Waals surface area contributed by atoms with Crippen molar-refractivity contribution in [2.45, 2.75) is 6.42 Å². The summed E-state index contributed by atoms with van der Waals surface area (Å²) >= 11 is 5.67. The van der Waals surface area contributed by atoms with Crippen LogP contribution in [0.5, 0.6) is 11.5 Å². The van der Waals surface area contributed by atoms with E-state index in [1.165, 1.54) is 18.2 Å². The third-order valence-electron chi connectivity index (χ3n) is 2.79. The lowest BCUT2D eigenvalue weighted by atomic mass is 10.0. The minimum Gasteiger partial charge on any atom is -0.507 e. The van der Waals surface area contributed by atoms with Crippen LogP contribution in [0.4, 0.5) is 4.39 Å². The van der Waals surface area contributed by atoms with E-state index in [1.54, 1.807) is 0 Å². The second kappa shape index (κ2) is 5.38.